The van der Waals surface area contributed by atoms with Gasteiger partial charge in [-0.1, -0.05) is 48.2 Å². The van der Waals surface area contributed by atoms with Gasteiger partial charge in [0.05, 0.1) is 16.3 Å². The lowest BCUT2D eigenvalue weighted by atomic mass is 10.1. The summed E-state index contributed by atoms with van der Waals surface area (Å²) in [5.74, 6) is 1.23. The summed E-state index contributed by atoms with van der Waals surface area (Å²) in [6.45, 7) is 4.10. The van der Waals surface area contributed by atoms with Crippen LogP contribution in [0.4, 0.5) is 0 Å². The quantitative estimate of drug-likeness (QED) is 0.363. The maximum atomic E-state index is 12.7. The number of rotatable bonds is 7. The smallest absolute Gasteiger partial charge is 0.242 e. The average molecular weight is 480 g/mol. The molecule has 33 heavy (non-hydrogen) atoms. The highest BCUT2D eigenvalue weighted by Gasteiger charge is 2.22. The van der Waals surface area contributed by atoms with E-state index in [1.807, 2.05) is 60.9 Å². The summed E-state index contributed by atoms with van der Waals surface area (Å²) >= 11 is 1.54. The molecule has 9 heteroatoms. The van der Waals surface area contributed by atoms with Crippen molar-refractivity contribution >= 4 is 21.8 Å². The zero-order valence-electron chi connectivity index (χ0n) is 18.9. The summed E-state index contributed by atoms with van der Waals surface area (Å²) in [5, 5.41) is 9.69. The van der Waals surface area contributed by atoms with Crippen molar-refractivity contribution in [2.45, 2.75) is 29.7 Å². The van der Waals surface area contributed by atoms with Gasteiger partial charge >= 0.3 is 0 Å². The van der Waals surface area contributed by atoms with Crippen LogP contribution < -0.4 is 0 Å². The molecule has 0 saturated carbocycles. The van der Waals surface area contributed by atoms with E-state index in [0.29, 0.717) is 22.3 Å². The highest BCUT2D eigenvalue weighted by Crippen LogP contribution is 2.33. The molecule has 7 nitrogen and oxygen atoms in total. The molecule has 0 fully saturated rings. The van der Waals surface area contributed by atoms with E-state index >= 15 is 0 Å². The minimum Gasteiger partial charge on any atom is -0.269 e. The summed E-state index contributed by atoms with van der Waals surface area (Å²) in [6.07, 6.45) is 1.77. The number of sulfonamides is 1. The van der Waals surface area contributed by atoms with Gasteiger partial charge in [0.2, 0.25) is 10.0 Å². The number of nitrogens with zero attached hydrogens (tertiary/aromatic N) is 5. The Morgan fingerprint density at radius 3 is 2.33 bits per heavy atom. The molecule has 0 atom stereocenters. The fourth-order valence-electron chi connectivity index (χ4n) is 3.54. The fraction of sp³-hybridized carbons (Fsp3) is 0.208. The molecular weight excluding hydrogens is 454 g/mol. The molecule has 4 rings (SSSR count). The predicted molar refractivity (Wildman–Crippen MR) is 131 cm³/mol. The largest absolute Gasteiger partial charge is 0.269 e. The molecule has 0 aliphatic heterocycles. The molecule has 0 N–H and O–H groups in total. The van der Waals surface area contributed by atoms with Crippen LogP contribution in [0, 0.1) is 13.8 Å². The molecule has 2 heterocycles. The molecule has 2 aromatic carbocycles. The molecule has 0 saturated heterocycles. The number of benzene rings is 2. The standard InChI is InChI=1S/C24H25N5O2S2/c1-17-9-7-10-18(2)22(17)29-23(19-11-8-13-21(15-19)33(30,31)28(3)4)26-27-24(29)32-16-20-12-5-6-14-25-20/h5-15H,16H2,1-4H3. The molecule has 0 unspecified atom stereocenters. The lowest BCUT2D eigenvalue weighted by Gasteiger charge is -2.16. The maximum absolute atomic E-state index is 12.7. The third-order valence-corrected chi connectivity index (χ3v) is 8.02. The molecule has 0 bridgehead atoms. The average Bonchev–Trinajstić information content (AvgIpc) is 3.22. The van der Waals surface area contributed by atoms with Crippen LogP contribution in [0.2, 0.25) is 0 Å². The van der Waals surface area contributed by atoms with Gasteiger partial charge in [0, 0.05) is 31.6 Å². The SMILES string of the molecule is Cc1cccc(C)c1-n1c(SCc2ccccn2)nnc1-c1cccc(S(=O)(=O)N(C)C)c1. The van der Waals surface area contributed by atoms with Crippen molar-refractivity contribution in [1.82, 2.24) is 24.1 Å². The molecule has 0 spiro atoms. The lowest BCUT2D eigenvalue weighted by molar-refractivity contribution is 0.521. The number of hydrogen-bond acceptors (Lipinski definition) is 6. The van der Waals surface area contributed by atoms with Crippen molar-refractivity contribution in [3.8, 4) is 17.1 Å². The van der Waals surface area contributed by atoms with Gasteiger partial charge in [0.25, 0.3) is 0 Å². The monoisotopic (exact) mass is 479 g/mol. The van der Waals surface area contributed by atoms with Gasteiger partial charge in [0.1, 0.15) is 0 Å². The summed E-state index contributed by atoms with van der Waals surface area (Å²) in [6, 6.07) is 18.8. The Hall–Kier alpha value is -3.01. The van der Waals surface area contributed by atoms with Crippen LogP contribution in [0.15, 0.2) is 76.9 Å². The Bertz CT molecular complexity index is 1360. The van der Waals surface area contributed by atoms with Crippen LogP contribution in [0.25, 0.3) is 17.1 Å². The third kappa shape index (κ3) is 4.71. The van der Waals surface area contributed by atoms with E-state index < -0.39 is 10.0 Å². The van der Waals surface area contributed by atoms with Gasteiger partial charge in [-0.25, -0.2) is 12.7 Å². The van der Waals surface area contributed by atoms with Crippen molar-refractivity contribution in [3.05, 3.63) is 83.7 Å². The number of para-hydroxylation sites is 1. The van der Waals surface area contributed by atoms with Crippen molar-refractivity contribution < 1.29 is 8.42 Å². The van der Waals surface area contributed by atoms with Crippen LogP contribution >= 0.6 is 11.8 Å². The molecule has 0 radical (unpaired) electrons. The number of aromatic nitrogens is 4. The lowest BCUT2D eigenvalue weighted by Crippen LogP contribution is -2.22. The number of aryl methyl sites for hydroxylation is 2. The van der Waals surface area contributed by atoms with E-state index in [-0.39, 0.29) is 4.90 Å². The first-order valence-corrected chi connectivity index (χ1v) is 12.8. The van der Waals surface area contributed by atoms with Gasteiger partial charge in [-0.05, 0) is 49.2 Å². The van der Waals surface area contributed by atoms with E-state index in [9.17, 15) is 8.42 Å². The summed E-state index contributed by atoms with van der Waals surface area (Å²) in [7, 11) is -0.535. The van der Waals surface area contributed by atoms with Crippen molar-refractivity contribution in [2.24, 2.45) is 0 Å². The molecule has 4 aromatic rings. The molecular formula is C24H25N5O2S2. The maximum Gasteiger partial charge on any atom is 0.242 e. The van der Waals surface area contributed by atoms with Crippen LogP contribution in [0.1, 0.15) is 16.8 Å². The molecule has 0 aliphatic rings. The van der Waals surface area contributed by atoms with Crippen molar-refractivity contribution in [2.75, 3.05) is 14.1 Å². The minimum atomic E-state index is -3.58. The molecule has 0 aliphatic carbocycles. The Kier molecular flexibility index (Phi) is 6.64. The Balaban J connectivity index is 1.85. The summed E-state index contributed by atoms with van der Waals surface area (Å²) < 4.78 is 28.6. The number of hydrogen-bond donors (Lipinski definition) is 0. The van der Waals surface area contributed by atoms with Crippen LogP contribution in [0.3, 0.4) is 0 Å². The van der Waals surface area contributed by atoms with E-state index in [1.165, 1.54) is 18.4 Å². The van der Waals surface area contributed by atoms with Crippen molar-refractivity contribution in [3.63, 3.8) is 0 Å². The van der Waals surface area contributed by atoms with E-state index in [1.54, 1.807) is 36.2 Å². The summed E-state index contributed by atoms with van der Waals surface area (Å²) in [5.41, 5.74) is 4.76. The minimum absolute atomic E-state index is 0.212. The van der Waals surface area contributed by atoms with Crippen molar-refractivity contribution in [1.29, 1.82) is 0 Å². The highest BCUT2D eigenvalue weighted by molar-refractivity contribution is 7.98. The highest BCUT2D eigenvalue weighted by atomic mass is 32.2. The topological polar surface area (TPSA) is 81.0 Å². The zero-order valence-corrected chi connectivity index (χ0v) is 20.6. The van der Waals surface area contributed by atoms with Gasteiger partial charge in [-0.3, -0.25) is 9.55 Å². The Morgan fingerprint density at radius 1 is 0.939 bits per heavy atom. The first kappa shape index (κ1) is 23.2. The summed E-state index contributed by atoms with van der Waals surface area (Å²) in [4.78, 5) is 4.61. The van der Waals surface area contributed by atoms with E-state index in [2.05, 4.69) is 15.2 Å². The second-order valence-corrected chi connectivity index (χ2v) is 10.9. The van der Waals surface area contributed by atoms with Crippen LogP contribution in [-0.4, -0.2) is 46.6 Å². The first-order chi connectivity index (χ1) is 15.8. The molecule has 2 aromatic heterocycles. The van der Waals surface area contributed by atoms with E-state index in [4.69, 9.17) is 0 Å². The Morgan fingerprint density at radius 2 is 1.67 bits per heavy atom. The Labute approximate surface area is 198 Å². The van der Waals surface area contributed by atoms with Crippen LogP contribution in [-0.2, 0) is 15.8 Å². The van der Waals surface area contributed by atoms with E-state index in [0.717, 1.165) is 22.5 Å². The van der Waals surface area contributed by atoms with Crippen LogP contribution in [0.5, 0.6) is 0 Å². The fourth-order valence-corrected chi connectivity index (χ4v) is 5.34. The molecule has 170 valence electrons. The number of thioether (sulfide) groups is 1. The van der Waals surface area contributed by atoms with Gasteiger partial charge in [0.15, 0.2) is 11.0 Å². The van der Waals surface area contributed by atoms with Gasteiger partial charge < -0.3 is 0 Å². The van der Waals surface area contributed by atoms with Gasteiger partial charge in [-0.2, -0.15) is 0 Å². The first-order valence-electron chi connectivity index (χ1n) is 10.4. The second-order valence-electron chi connectivity index (χ2n) is 7.81. The third-order valence-electron chi connectivity index (χ3n) is 5.24. The normalized spacial score (nSPS) is 11.8. The predicted octanol–water partition coefficient (Wildman–Crippen LogP) is 4.49. The molecule has 0 amide bonds. The number of pyridine rings is 1. The zero-order chi connectivity index (χ0) is 23.6. The van der Waals surface area contributed by atoms with Gasteiger partial charge in [-0.15, -0.1) is 10.2 Å². The second kappa shape index (κ2) is 9.46.